The molecule has 5 rings (SSSR count). The lowest BCUT2D eigenvalue weighted by molar-refractivity contribution is -0.121. The number of carbonyl (C=O) groups is 1. The predicted octanol–water partition coefficient (Wildman–Crippen LogP) is 3.92. The zero-order valence-electron chi connectivity index (χ0n) is 20.8. The van der Waals surface area contributed by atoms with Gasteiger partial charge < -0.3 is 10.2 Å². The number of anilines is 1. The fourth-order valence-corrected chi connectivity index (χ4v) is 4.71. The molecule has 4 aromatic rings. The van der Waals surface area contributed by atoms with Crippen molar-refractivity contribution in [3.8, 4) is 6.07 Å². The quantitative estimate of drug-likeness (QED) is 0.403. The van der Waals surface area contributed by atoms with Gasteiger partial charge in [-0.25, -0.2) is 9.97 Å². The monoisotopic (exact) mass is 490 g/mol. The molecule has 1 atom stereocenters. The summed E-state index contributed by atoms with van der Waals surface area (Å²) in [5, 5.41) is 13.0. The zero-order chi connectivity index (χ0) is 25.5. The van der Waals surface area contributed by atoms with Crippen molar-refractivity contribution < 1.29 is 4.79 Å². The molecule has 7 heteroatoms. The number of nitrogens with one attached hydrogen (secondary N) is 1. The van der Waals surface area contributed by atoms with Crippen LogP contribution in [0.15, 0.2) is 84.9 Å². The normalized spacial score (nSPS) is 14.7. The first-order chi connectivity index (χ1) is 18.2. The number of carbonyl (C=O) groups excluding carboxylic acids is 1. The largest absolute Gasteiger partial charge is 0.354 e. The lowest BCUT2D eigenvalue weighted by Crippen LogP contribution is -2.47. The highest BCUT2D eigenvalue weighted by Gasteiger charge is 2.30. The number of fused-ring (bicyclic) bond motifs is 1. The molecule has 3 aromatic carbocycles. The second-order valence-corrected chi connectivity index (χ2v) is 9.26. The van der Waals surface area contributed by atoms with Gasteiger partial charge in [-0.2, -0.15) is 5.26 Å². The molecule has 1 N–H and O–H groups in total. The average molecular weight is 491 g/mol. The van der Waals surface area contributed by atoms with Gasteiger partial charge in [-0.15, -0.1) is 0 Å². The highest BCUT2D eigenvalue weighted by Crippen LogP contribution is 2.28. The molecular formula is C30H30N6O. The minimum atomic E-state index is -1.04. The standard InChI is InChI=1S/C30H30N6O/c31-21-25(30(37)32-16-15-23-9-3-1-4-10-23)28-29(34-27-14-8-7-13-26(27)33-28)36-19-17-35(18-20-36)22-24-11-5-2-6-12-24/h1-14,25H,15-20,22H2,(H,32,37)/t25-/m1/s1. The van der Waals surface area contributed by atoms with Gasteiger partial charge in [0.1, 0.15) is 5.69 Å². The number of hydrogen-bond acceptors (Lipinski definition) is 6. The summed E-state index contributed by atoms with van der Waals surface area (Å²) in [6, 6.07) is 30.2. The molecule has 7 nitrogen and oxygen atoms in total. The Balaban J connectivity index is 1.34. The van der Waals surface area contributed by atoms with Crippen molar-refractivity contribution in [1.82, 2.24) is 20.2 Å². The average Bonchev–Trinajstić information content (AvgIpc) is 2.95. The van der Waals surface area contributed by atoms with Crippen LogP contribution >= 0.6 is 0 Å². The molecule has 0 aliphatic carbocycles. The Kier molecular flexibility index (Phi) is 7.68. The van der Waals surface area contributed by atoms with Crippen molar-refractivity contribution in [2.24, 2.45) is 0 Å². The second kappa shape index (κ2) is 11.6. The van der Waals surface area contributed by atoms with E-state index < -0.39 is 5.92 Å². The molecule has 0 unspecified atom stereocenters. The van der Waals surface area contributed by atoms with E-state index in [1.165, 1.54) is 5.56 Å². The molecule has 186 valence electrons. The Morgan fingerprint density at radius 1 is 0.838 bits per heavy atom. The molecule has 1 aliphatic rings. The Hall–Kier alpha value is -4.28. The van der Waals surface area contributed by atoms with Gasteiger partial charge in [-0.3, -0.25) is 9.69 Å². The number of hydrogen-bond donors (Lipinski definition) is 1. The molecule has 0 spiro atoms. The maximum absolute atomic E-state index is 13.2. The number of amides is 1. The van der Waals surface area contributed by atoms with Crippen molar-refractivity contribution in [3.05, 3.63) is 102 Å². The maximum Gasteiger partial charge on any atom is 0.243 e. The molecule has 0 radical (unpaired) electrons. The molecular weight excluding hydrogens is 460 g/mol. The number of benzene rings is 3. The van der Waals surface area contributed by atoms with E-state index in [0.29, 0.717) is 30.0 Å². The lowest BCUT2D eigenvalue weighted by atomic mass is 10.0. The molecule has 1 fully saturated rings. The smallest absolute Gasteiger partial charge is 0.243 e. The van der Waals surface area contributed by atoms with E-state index in [-0.39, 0.29) is 5.91 Å². The molecule has 1 amide bonds. The van der Waals surface area contributed by atoms with Crippen molar-refractivity contribution in [1.29, 1.82) is 5.26 Å². The molecule has 0 bridgehead atoms. The zero-order valence-corrected chi connectivity index (χ0v) is 20.8. The van der Waals surface area contributed by atoms with Gasteiger partial charge >= 0.3 is 0 Å². The van der Waals surface area contributed by atoms with Crippen molar-refractivity contribution in [2.75, 3.05) is 37.6 Å². The summed E-state index contributed by atoms with van der Waals surface area (Å²) in [5.41, 5.74) is 4.29. The van der Waals surface area contributed by atoms with Crippen LogP contribution in [0.3, 0.4) is 0 Å². The molecule has 1 aromatic heterocycles. The lowest BCUT2D eigenvalue weighted by Gasteiger charge is -2.36. The van der Waals surface area contributed by atoms with E-state index in [9.17, 15) is 10.1 Å². The van der Waals surface area contributed by atoms with Gasteiger partial charge in [-0.05, 0) is 29.7 Å². The van der Waals surface area contributed by atoms with Gasteiger partial charge in [-0.1, -0.05) is 72.8 Å². The van der Waals surface area contributed by atoms with Gasteiger partial charge in [0.05, 0.1) is 17.1 Å². The Morgan fingerprint density at radius 3 is 2.08 bits per heavy atom. The van der Waals surface area contributed by atoms with E-state index in [2.05, 4.69) is 45.5 Å². The van der Waals surface area contributed by atoms with E-state index in [1.807, 2.05) is 60.7 Å². The van der Waals surface area contributed by atoms with Crippen molar-refractivity contribution in [2.45, 2.75) is 18.9 Å². The third-order valence-corrected chi connectivity index (χ3v) is 6.72. The topological polar surface area (TPSA) is 85.1 Å². The minimum absolute atomic E-state index is 0.341. The summed E-state index contributed by atoms with van der Waals surface area (Å²) in [7, 11) is 0. The van der Waals surface area contributed by atoms with Gasteiger partial charge in [0.2, 0.25) is 5.91 Å². The molecule has 2 heterocycles. The number of nitrogens with zero attached hydrogens (tertiary/aromatic N) is 5. The Morgan fingerprint density at radius 2 is 1.43 bits per heavy atom. The molecule has 1 saturated heterocycles. The van der Waals surface area contributed by atoms with Crippen LogP contribution in [0.25, 0.3) is 11.0 Å². The first-order valence-corrected chi connectivity index (χ1v) is 12.7. The van der Waals surface area contributed by atoms with Crippen molar-refractivity contribution in [3.63, 3.8) is 0 Å². The summed E-state index contributed by atoms with van der Waals surface area (Å²) < 4.78 is 0. The van der Waals surface area contributed by atoms with E-state index in [0.717, 1.165) is 43.8 Å². The van der Waals surface area contributed by atoms with Crippen LogP contribution in [0.5, 0.6) is 0 Å². The highest BCUT2D eigenvalue weighted by molar-refractivity contribution is 5.88. The van der Waals surface area contributed by atoms with Gasteiger partial charge in [0, 0.05) is 39.3 Å². The number of rotatable bonds is 8. The maximum atomic E-state index is 13.2. The minimum Gasteiger partial charge on any atom is -0.354 e. The Labute approximate surface area is 217 Å². The van der Waals surface area contributed by atoms with Gasteiger partial charge in [0.15, 0.2) is 11.7 Å². The molecule has 0 saturated carbocycles. The van der Waals surface area contributed by atoms with Crippen LogP contribution in [-0.2, 0) is 17.8 Å². The summed E-state index contributed by atoms with van der Waals surface area (Å²) in [4.78, 5) is 27.4. The summed E-state index contributed by atoms with van der Waals surface area (Å²) in [5.74, 6) is -0.750. The van der Waals surface area contributed by atoms with E-state index in [4.69, 9.17) is 9.97 Å². The van der Waals surface area contributed by atoms with Crippen LogP contribution in [-0.4, -0.2) is 53.5 Å². The second-order valence-electron chi connectivity index (χ2n) is 9.26. The number of piperazine rings is 1. The number of para-hydroxylation sites is 2. The van der Waals surface area contributed by atoms with Crippen LogP contribution in [0.4, 0.5) is 5.82 Å². The highest BCUT2D eigenvalue weighted by atomic mass is 16.1. The Bertz CT molecular complexity index is 1380. The molecule has 37 heavy (non-hydrogen) atoms. The third-order valence-electron chi connectivity index (χ3n) is 6.72. The van der Waals surface area contributed by atoms with E-state index in [1.54, 1.807) is 0 Å². The van der Waals surface area contributed by atoms with E-state index >= 15 is 0 Å². The third kappa shape index (κ3) is 5.93. The summed E-state index contributed by atoms with van der Waals surface area (Å²) >= 11 is 0. The summed E-state index contributed by atoms with van der Waals surface area (Å²) in [6.07, 6.45) is 0.699. The fourth-order valence-electron chi connectivity index (χ4n) is 4.71. The first-order valence-electron chi connectivity index (χ1n) is 12.7. The van der Waals surface area contributed by atoms with Gasteiger partial charge in [0.25, 0.3) is 0 Å². The summed E-state index contributed by atoms with van der Waals surface area (Å²) in [6.45, 7) is 4.58. The SMILES string of the molecule is N#C[C@@H](C(=O)NCCc1ccccc1)c1nc2ccccc2nc1N1CCN(Cc2ccccc2)CC1. The van der Waals surface area contributed by atoms with Crippen LogP contribution in [0.2, 0.25) is 0 Å². The number of nitriles is 1. The van der Waals surface area contributed by atoms with Crippen LogP contribution < -0.4 is 10.2 Å². The fraction of sp³-hybridized carbons (Fsp3) is 0.267. The van der Waals surface area contributed by atoms with Crippen molar-refractivity contribution >= 4 is 22.8 Å². The van der Waals surface area contributed by atoms with Crippen LogP contribution in [0.1, 0.15) is 22.7 Å². The first kappa shape index (κ1) is 24.4. The predicted molar refractivity (Wildman–Crippen MR) is 145 cm³/mol. The number of aromatic nitrogens is 2. The molecule has 1 aliphatic heterocycles. The van der Waals surface area contributed by atoms with Crippen LogP contribution in [0, 0.1) is 11.3 Å².